The third-order valence-electron chi connectivity index (χ3n) is 1.68. The molecule has 5 heteroatoms. The van der Waals surface area contributed by atoms with Gasteiger partial charge >= 0.3 is 11.9 Å². The van der Waals surface area contributed by atoms with Crippen molar-refractivity contribution in [1.82, 2.24) is 0 Å². The maximum absolute atomic E-state index is 11.2. The molecule has 2 N–H and O–H groups in total. The van der Waals surface area contributed by atoms with Gasteiger partial charge in [0, 0.05) is 0 Å². The van der Waals surface area contributed by atoms with Crippen molar-refractivity contribution in [2.75, 3.05) is 6.61 Å². The molecule has 0 amide bonds. The van der Waals surface area contributed by atoms with Crippen LogP contribution in [-0.2, 0) is 4.74 Å². The summed E-state index contributed by atoms with van der Waals surface area (Å²) >= 11 is 0. The largest absolute Gasteiger partial charge is 0.508 e. The molecule has 0 aliphatic rings. The van der Waals surface area contributed by atoms with Crippen molar-refractivity contribution in [2.24, 2.45) is 0 Å². The lowest BCUT2D eigenvalue weighted by Crippen LogP contribution is -2.06. The number of carboxylic acid groups (broad SMARTS) is 1. The van der Waals surface area contributed by atoms with Gasteiger partial charge in [0.05, 0.1) is 17.7 Å². The van der Waals surface area contributed by atoms with E-state index in [1.807, 2.05) is 0 Å². The SMILES string of the molecule is CCOC(=O)c1cc(O)cc(C(=O)O)c1. The molecule has 0 spiro atoms. The van der Waals surface area contributed by atoms with Crippen molar-refractivity contribution >= 4 is 11.9 Å². The minimum absolute atomic E-state index is 0.0225. The molecule has 0 fully saturated rings. The van der Waals surface area contributed by atoms with Gasteiger partial charge in [-0.05, 0) is 25.1 Å². The molecule has 1 rings (SSSR count). The van der Waals surface area contributed by atoms with E-state index in [4.69, 9.17) is 5.11 Å². The van der Waals surface area contributed by atoms with E-state index in [-0.39, 0.29) is 23.5 Å². The van der Waals surface area contributed by atoms with Crippen LogP contribution in [0.25, 0.3) is 0 Å². The fraction of sp³-hybridized carbons (Fsp3) is 0.200. The monoisotopic (exact) mass is 210 g/mol. The minimum Gasteiger partial charge on any atom is -0.508 e. The first kappa shape index (κ1) is 11.0. The first-order valence-corrected chi connectivity index (χ1v) is 4.29. The van der Waals surface area contributed by atoms with Crippen molar-refractivity contribution in [3.8, 4) is 5.75 Å². The van der Waals surface area contributed by atoms with E-state index in [0.717, 1.165) is 18.2 Å². The van der Waals surface area contributed by atoms with Gasteiger partial charge in [-0.15, -0.1) is 0 Å². The van der Waals surface area contributed by atoms with Gasteiger partial charge in [-0.3, -0.25) is 0 Å². The Morgan fingerprint density at radius 2 is 1.87 bits per heavy atom. The Morgan fingerprint density at radius 1 is 1.27 bits per heavy atom. The van der Waals surface area contributed by atoms with Crippen molar-refractivity contribution in [3.63, 3.8) is 0 Å². The minimum atomic E-state index is -1.21. The third-order valence-corrected chi connectivity index (χ3v) is 1.68. The second kappa shape index (κ2) is 4.45. The van der Waals surface area contributed by atoms with Crippen molar-refractivity contribution in [3.05, 3.63) is 29.3 Å². The molecule has 0 radical (unpaired) electrons. The fourth-order valence-electron chi connectivity index (χ4n) is 1.07. The van der Waals surface area contributed by atoms with Gasteiger partial charge in [0.2, 0.25) is 0 Å². The summed E-state index contributed by atoms with van der Waals surface area (Å²) in [5, 5.41) is 17.9. The summed E-state index contributed by atoms with van der Waals surface area (Å²) in [5.41, 5.74) is -0.132. The number of benzene rings is 1. The molecular weight excluding hydrogens is 200 g/mol. The van der Waals surface area contributed by atoms with Crippen LogP contribution in [0, 0.1) is 0 Å². The molecule has 0 unspecified atom stereocenters. The Kier molecular flexibility index (Phi) is 3.28. The molecular formula is C10H10O5. The second-order valence-electron chi connectivity index (χ2n) is 2.79. The van der Waals surface area contributed by atoms with Crippen LogP contribution in [0.15, 0.2) is 18.2 Å². The Bertz CT molecular complexity index is 397. The van der Waals surface area contributed by atoms with E-state index >= 15 is 0 Å². The van der Waals surface area contributed by atoms with E-state index in [0.29, 0.717) is 0 Å². The highest BCUT2D eigenvalue weighted by Gasteiger charge is 2.12. The predicted molar refractivity (Wildman–Crippen MR) is 51.0 cm³/mol. The number of aromatic hydroxyl groups is 1. The fourth-order valence-corrected chi connectivity index (χ4v) is 1.07. The van der Waals surface area contributed by atoms with Crippen LogP contribution in [0.3, 0.4) is 0 Å². The number of ether oxygens (including phenoxy) is 1. The van der Waals surface area contributed by atoms with Gasteiger partial charge in [0.15, 0.2) is 0 Å². The molecule has 0 bridgehead atoms. The van der Waals surface area contributed by atoms with Crippen LogP contribution in [0.4, 0.5) is 0 Å². The molecule has 0 aliphatic carbocycles. The number of carbonyl (C=O) groups excluding carboxylic acids is 1. The lowest BCUT2D eigenvalue weighted by molar-refractivity contribution is 0.0526. The molecule has 0 saturated carbocycles. The quantitative estimate of drug-likeness (QED) is 0.734. The number of aromatic carboxylic acids is 1. The number of esters is 1. The van der Waals surface area contributed by atoms with Gasteiger partial charge in [-0.2, -0.15) is 0 Å². The van der Waals surface area contributed by atoms with Gasteiger partial charge in [0.1, 0.15) is 5.75 Å². The van der Waals surface area contributed by atoms with E-state index in [9.17, 15) is 14.7 Å². The number of phenols is 1. The topological polar surface area (TPSA) is 83.8 Å². The Labute approximate surface area is 85.9 Å². The highest BCUT2D eigenvalue weighted by molar-refractivity contribution is 5.95. The highest BCUT2D eigenvalue weighted by atomic mass is 16.5. The van der Waals surface area contributed by atoms with Crippen LogP contribution in [0.2, 0.25) is 0 Å². The lowest BCUT2D eigenvalue weighted by Gasteiger charge is -2.03. The Balaban J connectivity index is 3.09. The first-order valence-electron chi connectivity index (χ1n) is 4.29. The van der Waals surface area contributed by atoms with Crippen molar-refractivity contribution in [2.45, 2.75) is 6.92 Å². The van der Waals surface area contributed by atoms with Crippen LogP contribution in [0.5, 0.6) is 5.75 Å². The maximum atomic E-state index is 11.2. The summed E-state index contributed by atoms with van der Waals surface area (Å²) in [7, 11) is 0. The number of phenolic OH excluding ortho intramolecular Hbond substituents is 1. The third kappa shape index (κ3) is 2.70. The van der Waals surface area contributed by atoms with E-state index in [1.54, 1.807) is 6.92 Å². The van der Waals surface area contributed by atoms with E-state index in [1.165, 1.54) is 0 Å². The molecule has 0 heterocycles. The highest BCUT2D eigenvalue weighted by Crippen LogP contribution is 2.16. The van der Waals surface area contributed by atoms with Crippen LogP contribution < -0.4 is 0 Å². The molecule has 0 aromatic heterocycles. The van der Waals surface area contributed by atoms with Crippen LogP contribution in [0.1, 0.15) is 27.6 Å². The van der Waals surface area contributed by atoms with E-state index in [2.05, 4.69) is 4.74 Å². The average molecular weight is 210 g/mol. The van der Waals surface area contributed by atoms with Crippen LogP contribution in [-0.4, -0.2) is 28.8 Å². The van der Waals surface area contributed by atoms with Gasteiger partial charge in [0.25, 0.3) is 0 Å². The van der Waals surface area contributed by atoms with Gasteiger partial charge in [-0.25, -0.2) is 9.59 Å². The summed E-state index contributed by atoms with van der Waals surface area (Å²) in [4.78, 5) is 21.9. The standard InChI is InChI=1S/C10H10O5/c1-2-15-10(14)7-3-6(9(12)13)4-8(11)5-7/h3-5,11H,2H2,1H3,(H,12,13). The molecule has 0 atom stereocenters. The van der Waals surface area contributed by atoms with Crippen molar-refractivity contribution in [1.29, 1.82) is 0 Å². The summed E-state index contributed by atoms with van der Waals surface area (Å²) in [6.45, 7) is 1.83. The summed E-state index contributed by atoms with van der Waals surface area (Å²) in [6, 6.07) is 3.37. The van der Waals surface area contributed by atoms with Crippen molar-refractivity contribution < 1.29 is 24.5 Å². The Hall–Kier alpha value is -2.04. The molecule has 1 aromatic carbocycles. The molecule has 5 nitrogen and oxygen atoms in total. The molecule has 80 valence electrons. The molecule has 1 aromatic rings. The summed E-state index contributed by atoms with van der Waals surface area (Å²) < 4.78 is 4.67. The smallest absolute Gasteiger partial charge is 0.338 e. The lowest BCUT2D eigenvalue weighted by atomic mass is 10.1. The zero-order valence-corrected chi connectivity index (χ0v) is 8.06. The predicted octanol–water partition coefficient (Wildman–Crippen LogP) is 1.27. The Morgan fingerprint density at radius 3 is 2.40 bits per heavy atom. The maximum Gasteiger partial charge on any atom is 0.338 e. The normalized spacial score (nSPS) is 9.67. The van der Waals surface area contributed by atoms with Crippen LogP contribution >= 0.6 is 0 Å². The molecule has 0 aliphatic heterocycles. The first-order chi connectivity index (χ1) is 7.04. The summed E-state index contributed by atoms with van der Waals surface area (Å²) in [5.74, 6) is -2.15. The average Bonchev–Trinajstić information content (AvgIpc) is 2.17. The van der Waals surface area contributed by atoms with E-state index < -0.39 is 11.9 Å². The molecule has 0 saturated heterocycles. The summed E-state index contributed by atoms with van der Waals surface area (Å²) in [6.07, 6.45) is 0. The molecule has 15 heavy (non-hydrogen) atoms. The zero-order chi connectivity index (χ0) is 11.4. The van der Waals surface area contributed by atoms with Gasteiger partial charge in [-0.1, -0.05) is 0 Å². The number of rotatable bonds is 3. The number of hydrogen-bond donors (Lipinski definition) is 2. The number of carbonyl (C=O) groups is 2. The van der Waals surface area contributed by atoms with Gasteiger partial charge < -0.3 is 14.9 Å². The second-order valence-corrected chi connectivity index (χ2v) is 2.79. The number of hydrogen-bond acceptors (Lipinski definition) is 4. The number of carboxylic acids is 1. The zero-order valence-electron chi connectivity index (χ0n) is 8.06.